The molecule has 0 atom stereocenters. The molecule has 278 valence electrons. The topological polar surface area (TPSA) is 97.3 Å². The lowest BCUT2D eigenvalue weighted by atomic mass is 9.75. The van der Waals surface area contributed by atoms with E-state index >= 15 is 0 Å². The van der Waals surface area contributed by atoms with E-state index in [2.05, 4.69) is 53.6 Å². The maximum Gasteiger partial charge on any atom is 0.488 e. The zero-order valence-electron chi connectivity index (χ0n) is 31.8. The molecule has 2 heterocycles. The number of anilines is 1. The van der Waals surface area contributed by atoms with Crippen molar-refractivity contribution in [2.24, 2.45) is 11.8 Å². The average molecular weight is 691 g/mol. The highest BCUT2D eigenvalue weighted by Crippen LogP contribution is 2.38. The lowest BCUT2D eigenvalue weighted by Gasteiger charge is -2.31. The molecule has 0 aromatic heterocycles. The van der Waals surface area contributed by atoms with Crippen molar-refractivity contribution in [3.05, 3.63) is 59.7 Å². The molecule has 8 nitrogen and oxygen atoms in total. The van der Waals surface area contributed by atoms with Gasteiger partial charge in [-0.3, -0.25) is 0 Å². The Balaban J connectivity index is 0.000000173. The summed E-state index contributed by atoms with van der Waals surface area (Å²) >= 11 is 0. The van der Waals surface area contributed by atoms with Crippen molar-refractivity contribution in [3.63, 3.8) is 0 Å². The number of nitrogens with zero attached hydrogens (tertiary/aromatic N) is 2. The Morgan fingerprint density at radius 2 is 1.12 bits per heavy atom. The van der Waals surface area contributed by atoms with Crippen molar-refractivity contribution >= 4 is 24.4 Å². The van der Waals surface area contributed by atoms with Crippen LogP contribution in [0.3, 0.4) is 0 Å². The summed E-state index contributed by atoms with van der Waals surface area (Å²) in [6.45, 7) is 18.0. The van der Waals surface area contributed by atoms with Gasteiger partial charge in [-0.15, -0.1) is 0 Å². The number of nitrogens with one attached hydrogen (secondary N) is 2. The Morgan fingerprint density at radius 1 is 0.700 bits per heavy atom. The highest BCUT2D eigenvalue weighted by Gasteiger charge is 2.24. The molecule has 2 aromatic rings. The van der Waals surface area contributed by atoms with Gasteiger partial charge in [-0.25, -0.2) is 4.79 Å². The van der Waals surface area contributed by atoms with E-state index in [1.165, 1.54) is 75.5 Å². The van der Waals surface area contributed by atoms with Gasteiger partial charge in [0.25, 0.3) is 0 Å². The second kappa shape index (κ2) is 20.5. The van der Waals surface area contributed by atoms with Crippen molar-refractivity contribution in [1.82, 2.24) is 15.5 Å². The van der Waals surface area contributed by atoms with Crippen molar-refractivity contribution in [3.8, 4) is 0 Å². The lowest BCUT2D eigenvalue weighted by Crippen LogP contribution is -2.48. The van der Waals surface area contributed by atoms with Gasteiger partial charge in [0.05, 0.1) is 0 Å². The fraction of sp³-hybridized carbons (Fsp3) is 0.683. The molecule has 4 aliphatic rings. The molecule has 2 aliphatic heterocycles. The van der Waals surface area contributed by atoms with Gasteiger partial charge in [-0.05, 0) is 125 Å². The van der Waals surface area contributed by atoms with Gasteiger partial charge in [0.2, 0.25) is 0 Å². The van der Waals surface area contributed by atoms with Crippen LogP contribution in [0.1, 0.15) is 122 Å². The van der Waals surface area contributed by atoms with E-state index in [4.69, 9.17) is 14.8 Å². The van der Waals surface area contributed by atoms with E-state index in [1.807, 2.05) is 45.0 Å². The first-order valence-electron chi connectivity index (χ1n) is 19.8. The van der Waals surface area contributed by atoms with Crippen LogP contribution in [0.25, 0.3) is 0 Å². The predicted octanol–water partition coefficient (Wildman–Crippen LogP) is 6.66. The largest absolute Gasteiger partial charge is 0.488 e. The highest BCUT2D eigenvalue weighted by atomic mass is 16.6. The maximum atomic E-state index is 11.5. The normalized spacial score (nSPS) is 24.2. The molecule has 4 N–H and O–H groups in total. The van der Waals surface area contributed by atoms with Crippen molar-refractivity contribution in [2.45, 2.75) is 116 Å². The summed E-state index contributed by atoms with van der Waals surface area (Å²) in [6, 6.07) is 17.2. The molecule has 4 fully saturated rings. The van der Waals surface area contributed by atoms with Crippen LogP contribution in [0, 0.1) is 11.8 Å². The molecule has 0 radical (unpaired) electrons. The predicted molar refractivity (Wildman–Crippen MR) is 208 cm³/mol. The Kier molecular flexibility index (Phi) is 16.4. The molecule has 2 saturated heterocycles. The quantitative estimate of drug-likeness (QED) is 0.252. The summed E-state index contributed by atoms with van der Waals surface area (Å²) in [7, 11) is -1.35. The first-order valence-corrected chi connectivity index (χ1v) is 19.8. The summed E-state index contributed by atoms with van der Waals surface area (Å²) in [4.78, 5) is 15.7. The van der Waals surface area contributed by atoms with Crippen molar-refractivity contribution < 1.29 is 19.6 Å². The molecule has 0 unspecified atom stereocenters. The summed E-state index contributed by atoms with van der Waals surface area (Å²) in [5, 5.41) is 24.7. The second-order valence-electron chi connectivity index (χ2n) is 15.8. The maximum absolute atomic E-state index is 11.5. The van der Waals surface area contributed by atoms with Gasteiger partial charge < -0.3 is 35.2 Å². The van der Waals surface area contributed by atoms with Crippen LogP contribution < -0.4 is 21.0 Å². The fourth-order valence-electron chi connectivity index (χ4n) is 7.80. The summed E-state index contributed by atoms with van der Waals surface area (Å²) in [5.74, 6) is 3.40. The van der Waals surface area contributed by atoms with E-state index in [-0.39, 0.29) is 11.7 Å². The van der Waals surface area contributed by atoms with Gasteiger partial charge >= 0.3 is 13.2 Å². The fourth-order valence-corrected chi connectivity index (χ4v) is 7.80. The van der Waals surface area contributed by atoms with Crippen LogP contribution in [0.15, 0.2) is 48.5 Å². The molecule has 0 bridgehead atoms. The molecule has 1 amide bonds. The average Bonchev–Trinajstić information content (AvgIpc) is 3.15. The van der Waals surface area contributed by atoms with Crippen LogP contribution >= 0.6 is 0 Å². The van der Waals surface area contributed by atoms with Crippen LogP contribution in [0.2, 0.25) is 0 Å². The first-order chi connectivity index (χ1) is 24.1. The van der Waals surface area contributed by atoms with Crippen molar-refractivity contribution in [1.29, 1.82) is 0 Å². The van der Waals surface area contributed by atoms with Gasteiger partial charge in [0, 0.05) is 58.0 Å². The van der Waals surface area contributed by atoms with Crippen LogP contribution in [0.4, 0.5) is 10.5 Å². The van der Waals surface area contributed by atoms with Gasteiger partial charge in [0.15, 0.2) is 0 Å². The molecule has 2 aliphatic carbocycles. The lowest BCUT2D eigenvalue weighted by molar-refractivity contribution is 0.0229. The number of amides is 1. The first kappa shape index (κ1) is 40.2. The molecule has 2 aromatic carbocycles. The smallest absolute Gasteiger partial charge is 0.444 e. The number of hydrogen-bond acceptors (Lipinski definition) is 7. The number of hydrogen-bond donors (Lipinski definition) is 4. The Morgan fingerprint density at radius 3 is 1.52 bits per heavy atom. The number of carbonyl (C=O) groups is 1. The van der Waals surface area contributed by atoms with Crippen molar-refractivity contribution in [2.75, 3.05) is 57.3 Å². The van der Waals surface area contributed by atoms with E-state index in [9.17, 15) is 4.79 Å². The van der Waals surface area contributed by atoms with E-state index in [0.717, 1.165) is 70.1 Å². The number of benzene rings is 2. The zero-order valence-corrected chi connectivity index (χ0v) is 31.8. The molecule has 50 heavy (non-hydrogen) atoms. The van der Waals surface area contributed by atoms with Gasteiger partial charge in [-0.2, -0.15) is 0 Å². The van der Waals surface area contributed by atoms with Gasteiger partial charge in [-0.1, -0.05) is 63.1 Å². The monoisotopic (exact) mass is 691 g/mol. The van der Waals surface area contributed by atoms with E-state index in [0.29, 0.717) is 11.4 Å². The highest BCUT2D eigenvalue weighted by molar-refractivity contribution is 6.58. The Bertz CT molecular complexity index is 1220. The third kappa shape index (κ3) is 13.2. The molecule has 9 heteroatoms. The minimum absolute atomic E-state index is 0.200. The molecule has 6 rings (SSSR count). The number of piperazine rings is 2. The second-order valence-corrected chi connectivity index (χ2v) is 15.8. The summed E-state index contributed by atoms with van der Waals surface area (Å²) in [6.07, 6.45) is 13.4. The number of rotatable bonds is 6. The SMILES string of the molecule is CC(C)(C)OC(=O)N1CCNCC1.CCC1CCC(c2ccc(B(O)O)cc2)CC1.CCC1CCC(c2ccc(N3CCNCC3)cc2)CC1. The minimum Gasteiger partial charge on any atom is -0.444 e. The summed E-state index contributed by atoms with van der Waals surface area (Å²) in [5.41, 5.74) is 4.51. The van der Waals surface area contributed by atoms with E-state index < -0.39 is 7.12 Å². The van der Waals surface area contributed by atoms with Crippen LogP contribution in [0.5, 0.6) is 0 Å². The zero-order chi connectivity index (χ0) is 35.9. The van der Waals surface area contributed by atoms with Crippen LogP contribution in [-0.4, -0.2) is 86.1 Å². The Labute approximate surface area is 303 Å². The third-order valence-corrected chi connectivity index (χ3v) is 11.2. The third-order valence-electron chi connectivity index (χ3n) is 11.2. The molecular formula is C41H67BN4O4. The standard InChI is InChI=1S/C18H28N2.C14H21BO2.C9H18N2O2/c1-2-15-3-5-16(6-4-15)17-7-9-18(10-8-17)20-13-11-19-12-14-20;1-2-11-3-5-12(6-4-11)13-7-9-14(10-8-13)15(16)17;1-9(2,3)13-8(12)11-6-4-10-5-7-11/h7-10,15-16,19H,2-6,11-14H2,1H3;7-12,16-17H,2-6H2,1H3;10H,4-7H2,1-3H3. The minimum atomic E-state index is -1.35. The molecular weight excluding hydrogens is 623 g/mol. The summed E-state index contributed by atoms with van der Waals surface area (Å²) < 4.78 is 5.24. The van der Waals surface area contributed by atoms with Gasteiger partial charge in [0.1, 0.15) is 5.60 Å². The van der Waals surface area contributed by atoms with Crippen LogP contribution in [-0.2, 0) is 4.74 Å². The number of ether oxygens (including phenoxy) is 1. The van der Waals surface area contributed by atoms with E-state index in [1.54, 1.807) is 10.5 Å². The number of carbonyl (C=O) groups excluding carboxylic acids is 1. The molecule has 2 saturated carbocycles. The molecule has 0 spiro atoms. The Hall–Kier alpha value is -2.59.